The fraction of sp³-hybridized carbons (Fsp3) is 0.588. The van der Waals surface area contributed by atoms with Gasteiger partial charge in [-0.15, -0.1) is 0 Å². The molecule has 0 spiro atoms. The van der Waals surface area contributed by atoms with Gasteiger partial charge in [-0.2, -0.15) is 0 Å². The maximum atomic E-state index is 13.3. The first-order chi connectivity index (χ1) is 13.4. The van der Waals surface area contributed by atoms with Crippen molar-refractivity contribution >= 4 is 33.7 Å². The van der Waals surface area contributed by atoms with Crippen LogP contribution in [0.5, 0.6) is 0 Å². The van der Waals surface area contributed by atoms with Crippen molar-refractivity contribution in [3.8, 4) is 0 Å². The minimum atomic E-state index is -5.25. The third-order valence-corrected chi connectivity index (χ3v) is 5.36. The standard InChI is InChI=1S/C17H24N3O5S/c1-12(2)7-8-16(23)20(13-5-3-9-18-11-15(13)22)26(24,25)17-14(21)6-4-10-19-17/h4,6,8,10,12-13,17-18H,3,5,7,9,11H2,1-2H3/t13?,17-/m0/s1/i11D,13D,17D/t11?,13?,17-. The van der Waals surface area contributed by atoms with Gasteiger partial charge in [0.2, 0.25) is 11.3 Å². The van der Waals surface area contributed by atoms with E-state index in [2.05, 4.69) is 10.3 Å². The summed E-state index contributed by atoms with van der Waals surface area (Å²) in [7, 11) is -5.25. The molecule has 0 aromatic carbocycles. The molecule has 0 saturated carbocycles. The van der Waals surface area contributed by atoms with Crippen molar-refractivity contribution in [1.82, 2.24) is 9.62 Å². The van der Waals surface area contributed by atoms with E-state index >= 15 is 0 Å². The van der Waals surface area contributed by atoms with Gasteiger partial charge in [-0.05, 0) is 43.9 Å². The first-order valence-electron chi connectivity index (χ1n) is 9.84. The molecule has 1 saturated heterocycles. The molecule has 1 amide bonds. The van der Waals surface area contributed by atoms with Crippen molar-refractivity contribution in [1.29, 1.82) is 0 Å². The number of nitrogens with one attached hydrogen (secondary N) is 1. The number of rotatable bonds is 6. The Morgan fingerprint density at radius 1 is 1.54 bits per heavy atom. The van der Waals surface area contributed by atoms with E-state index in [0.29, 0.717) is 0 Å². The number of ketones is 2. The van der Waals surface area contributed by atoms with Gasteiger partial charge in [-0.25, -0.2) is 12.7 Å². The molecule has 0 bridgehead atoms. The molecule has 1 radical (unpaired) electrons. The summed E-state index contributed by atoms with van der Waals surface area (Å²) in [6, 6.07) is -2.68. The highest BCUT2D eigenvalue weighted by molar-refractivity contribution is 7.91. The molecule has 26 heavy (non-hydrogen) atoms. The Kier molecular flexibility index (Phi) is 5.45. The van der Waals surface area contributed by atoms with Crippen LogP contribution in [0.1, 0.15) is 37.2 Å². The summed E-state index contributed by atoms with van der Waals surface area (Å²) in [5.41, 5.74) is 0. The van der Waals surface area contributed by atoms with Crippen LogP contribution in [0.4, 0.5) is 0 Å². The number of hydrogen-bond acceptors (Lipinski definition) is 7. The van der Waals surface area contributed by atoms with E-state index in [4.69, 9.17) is 4.11 Å². The normalized spacial score (nSPS) is 34.1. The number of dihydropyridines is 1. The average molecular weight is 385 g/mol. The van der Waals surface area contributed by atoms with E-state index < -0.39 is 45.4 Å². The summed E-state index contributed by atoms with van der Waals surface area (Å²) in [5.74, 6) is -3.59. The van der Waals surface area contributed by atoms with Crippen molar-refractivity contribution < 1.29 is 26.9 Å². The number of nitrogens with zero attached hydrogens (tertiary/aromatic N) is 2. The number of carbonyl (C=O) groups is 3. The summed E-state index contributed by atoms with van der Waals surface area (Å²) >= 11 is 0. The second-order valence-electron chi connectivity index (χ2n) is 6.26. The topological polar surface area (TPSA) is 113 Å². The van der Waals surface area contributed by atoms with Gasteiger partial charge in [-0.1, -0.05) is 13.8 Å². The van der Waals surface area contributed by atoms with Crippen LogP contribution < -0.4 is 5.32 Å². The number of amides is 1. The van der Waals surface area contributed by atoms with Gasteiger partial charge >= 0.3 is 0 Å². The highest BCUT2D eigenvalue weighted by Crippen LogP contribution is 2.23. The Bertz CT molecular complexity index is 860. The van der Waals surface area contributed by atoms with Crippen molar-refractivity contribution in [2.75, 3.05) is 13.1 Å². The molecule has 0 aliphatic carbocycles. The van der Waals surface area contributed by atoms with E-state index in [9.17, 15) is 22.8 Å². The molecule has 9 heteroatoms. The zero-order valence-corrected chi connectivity index (χ0v) is 15.5. The van der Waals surface area contributed by atoms with Crippen LogP contribution in [-0.4, -0.2) is 60.8 Å². The van der Waals surface area contributed by atoms with Crippen LogP contribution in [0.25, 0.3) is 0 Å². The van der Waals surface area contributed by atoms with Crippen LogP contribution in [0.3, 0.4) is 0 Å². The largest absolute Gasteiger partial charge is 0.310 e. The quantitative estimate of drug-likeness (QED) is 0.701. The summed E-state index contributed by atoms with van der Waals surface area (Å²) in [4.78, 5) is 41.4. The van der Waals surface area contributed by atoms with E-state index in [0.717, 1.165) is 24.8 Å². The van der Waals surface area contributed by atoms with Crippen molar-refractivity contribution in [2.45, 2.75) is 44.5 Å². The van der Waals surface area contributed by atoms with Gasteiger partial charge < -0.3 is 5.32 Å². The SMILES string of the molecule is [2H]C1NCCCC([2H])(N(C(=O)[CH]CC(C)C)S(=O)(=O)[C@]2([2H])N=CC=CC2=O)C1=O. The molecule has 1 fully saturated rings. The van der Waals surface area contributed by atoms with Crippen LogP contribution in [-0.2, 0) is 24.4 Å². The monoisotopic (exact) mass is 385 g/mol. The number of sulfonamides is 1. The first kappa shape index (κ1) is 16.3. The fourth-order valence-corrected chi connectivity index (χ4v) is 3.88. The fourth-order valence-electron chi connectivity index (χ4n) is 2.40. The average Bonchev–Trinajstić information content (AvgIpc) is 2.76. The highest BCUT2D eigenvalue weighted by Gasteiger charge is 2.45. The Morgan fingerprint density at radius 2 is 2.27 bits per heavy atom. The highest BCUT2D eigenvalue weighted by atomic mass is 32.2. The lowest BCUT2D eigenvalue weighted by atomic mass is 10.1. The van der Waals surface area contributed by atoms with Crippen LogP contribution in [0.2, 0.25) is 0 Å². The van der Waals surface area contributed by atoms with Crippen molar-refractivity contribution in [2.24, 2.45) is 10.9 Å². The number of allylic oxidation sites excluding steroid dienone is 1. The molecule has 2 heterocycles. The number of Topliss-reactive ketones (excluding diaryl/α,β-unsaturated/α-hetero) is 1. The van der Waals surface area contributed by atoms with Gasteiger partial charge in [0.05, 0.1) is 17.1 Å². The maximum Gasteiger partial charge on any atom is 0.268 e. The van der Waals surface area contributed by atoms with Crippen LogP contribution in [0.15, 0.2) is 17.1 Å². The lowest BCUT2D eigenvalue weighted by molar-refractivity contribution is -0.131. The van der Waals surface area contributed by atoms with E-state index in [1.807, 2.05) is 0 Å². The molecular formula is C17H24N3O5S. The Hall–Kier alpha value is -1.87. The molecule has 2 unspecified atom stereocenters. The second-order valence-corrected chi connectivity index (χ2v) is 7.96. The minimum absolute atomic E-state index is 0.0132. The molecule has 2 aliphatic heterocycles. The molecule has 1 N–H and O–H groups in total. The zero-order chi connectivity index (χ0) is 22.0. The van der Waals surface area contributed by atoms with E-state index in [1.165, 1.54) is 0 Å². The Balaban J connectivity index is 2.63. The third-order valence-electron chi connectivity index (χ3n) is 3.68. The smallest absolute Gasteiger partial charge is 0.268 e. The van der Waals surface area contributed by atoms with E-state index in [1.54, 1.807) is 13.8 Å². The van der Waals surface area contributed by atoms with Gasteiger partial charge in [-0.3, -0.25) is 19.4 Å². The number of aliphatic imine (C=N–C) groups is 1. The van der Waals surface area contributed by atoms with Gasteiger partial charge in [0, 0.05) is 6.21 Å². The van der Waals surface area contributed by atoms with Crippen molar-refractivity contribution in [3.05, 3.63) is 18.6 Å². The molecule has 143 valence electrons. The third kappa shape index (κ3) is 4.64. The lowest BCUT2D eigenvalue weighted by Crippen LogP contribution is -2.53. The number of carbonyl (C=O) groups excluding carboxylic acids is 3. The number of hydrogen-bond donors (Lipinski definition) is 1. The van der Waals surface area contributed by atoms with Gasteiger partial charge in [0.15, 0.2) is 11.6 Å². The zero-order valence-electron chi connectivity index (χ0n) is 17.6. The summed E-state index contributed by atoms with van der Waals surface area (Å²) < 4.78 is 51.3. The summed E-state index contributed by atoms with van der Waals surface area (Å²) in [6.07, 6.45) is 3.85. The minimum Gasteiger partial charge on any atom is -0.310 e. The predicted octanol–water partition coefficient (Wildman–Crippen LogP) is 0.252. The molecule has 2 rings (SSSR count). The molecule has 0 aromatic heterocycles. The van der Waals surface area contributed by atoms with Crippen LogP contribution in [0, 0.1) is 12.3 Å². The Labute approximate surface area is 158 Å². The first-order valence-corrected chi connectivity index (χ1v) is 9.70. The Morgan fingerprint density at radius 3 is 2.92 bits per heavy atom. The molecule has 0 aromatic rings. The van der Waals surface area contributed by atoms with E-state index in [-0.39, 0.29) is 36.0 Å². The maximum absolute atomic E-state index is 13.3. The lowest BCUT2D eigenvalue weighted by Gasteiger charge is -2.31. The van der Waals surface area contributed by atoms with Gasteiger partial charge in [0.25, 0.3) is 10.0 Å². The summed E-state index contributed by atoms with van der Waals surface area (Å²) in [5, 5.41) is -0.588. The van der Waals surface area contributed by atoms with Gasteiger partial charge in [0.1, 0.15) is 6.02 Å². The van der Waals surface area contributed by atoms with Crippen LogP contribution >= 0.6 is 0 Å². The summed E-state index contributed by atoms with van der Waals surface area (Å²) in [6.45, 7) is 2.11. The molecular weight excluding hydrogens is 358 g/mol. The molecule has 3 atom stereocenters. The van der Waals surface area contributed by atoms with Crippen molar-refractivity contribution in [3.63, 3.8) is 0 Å². The second kappa shape index (κ2) is 8.68. The predicted molar refractivity (Wildman–Crippen MR) is 96.8 cm³/mol. The molecule has 8 nitrogen and oxygen atoms in total. The molecule has 2 aliphatic rings.